The molecule has 3 saturated heterocycles. The van der Waals surface area contributed by atoms with Crippen LogP contribution in [0.2, 0.25) is 0 Å². The summed E-state index contributed by atoms with van der Waals surface area (Å²) in [5, 5.41) is 0. The van der Waals surface area contributed by atoms with Gasteiger partial charge in [-0.3, -0.25) is 14.4 Å². The third kappa shape index (κ3) is 6.15. The molecule has 3 fully saturated rings. The van der Waals surface area contributed by atoms with Crippen LogP contribution in [0.3, 0.4) is 0 Å². The summed E-state index contributed by atoms with van der Waals surface area (Å²) in [7, 11) is 0. The molecule has 9 heteroatoms. The average molecular weight is 386 g/mol. The maximum absolute atomic E-state index is 12.1. The van der Waals surface area contributed by atoms with Gasteiger partial charge in [0.25, 0.3) is 0 Å². The first-order valence-electron chi connectivity index (χ1n) is 9.34. The molecule has 0 aliphatic carbocycles. The molecule has 9 nitrogen and oxygen atoms in total. The number of esters is 3. The van der Waals surface area contributed by atoms with Gasteiger partial charge in [0.2, 0.25) is 0 Å². The Balaban J connectivity index is 1.40. The molecule has 0 aromatic rings. The molecule has 3 aliphatic heterocycles. The number of hydrogen-bond acceptors (Lipinski definition) is 9. The van der Waals surface area contributed by atoms with Crippen LogP contribution >= 0.6 is 0 Å². The summed E-state index contributed by atoms with van der Waals surface area (Å²) in [5.74, 6) is -1.37. The number of hydrogen-bond donors (Lipinski definition) is 0. The maximum atomic E-state index is 12.1. The fourth-order valence-electron chi connectivity index (χ4n) is 2.81. The standard InChI is InChI=1S/C18H26O9/c1-4-14(19)22-7-11(8-23-15(20)5-12-9(2)24-12)26-16(21)6-13-18(27-13)17-10(3)25-17/h9-13,17-18H,4-8H2,1-3H3. The molecule has 27 heavy (non-hydrogen) atoms. The van der Waals surface area contributed by atoms with E-state index in [2.05, 4.69) is 0 Å². The van der Waals surface area contributed by atoms with E-state index in [0.717, 1.165) is 0 Å². The largest absolute Gasteiger partial charge is 0.462 e. The summed E-state index contributed by atoms with van der Waals surface area (Å²) < 4.78 is 31.4. The van der Waals surface area contributed by atoms with Crippen LogP contribution in [0.1, 0.15) is 40.0 Å². The second kappa shape index (κ2) is 8.53. The Labute approximate surface area is 157 Å². The molecule has 0 radical (unpaired) electrons. The van der Waals surface area contributed by atoms with Crippen LogP contribution in [0.25, 0.3) is 0 Å². The summed E-state index contributed by atoms with van der Waals surface area (Å²) in [6.07, 6.45) is -0.563. The number of carbonyl (C=O) groups excluding carboxylic acids is 3. The summed E-state index contributed by atoms with van der Waals surface area (Å²) in [6, 6.07) is 0. The Hall–Kier alpha value is -1.71. The summed E-state index contributed by atoms with van der Waals surface area (Å²) in [5.41, 5.74) is 0. The lowest BCUT2D eigenvalue weighted by Crippen LogP contribution is -2.31. The Bertz CT molecular complexity index is 577. The fourth-order valence-corrected chi connectivity index (χ4v) is 2.81. The van der Waals surface area contributed by atoms with Gasteiger partial charge in [0, 0.05) is 6.42 Å². The van der Waals surface area contributed by atoms with Crippen LogP contribution in [0.4, 0.5) is 0 Å². The van der Waals surface area contributed by atoms with Crippen LogP contribution in [-0.4, -0.2) is 73.8 Å². The Morgan fingerprint density at radius 3 is 1.96 bits per heavy atom. The highest BCUT2D eigenvalue weighted by Gasteiger charge is 2.56. The maximum Gasteiger partial charge on any atom is 0.309 e. The van der Waals surface area contributed by atoms with Gasteiger partial charge in [-0.05, 0) is 13.8 Å². The minimum absolute atomic E-state index is 0.0529. The molecule has 7 unspecified atom stereocenters. The zero-order valence-corrected chi connectivity index (χ0v) is 15.8. The molecular weight excluding hydrogens is 360 g/mol. The third-order valence-corrected chi connectivity index (χ3v) is 4.72. The van der Waals surface area contributed by atoms with E-state index in [9.17, 15) is 14.4 Å². The van der Waals surface area contributed by atoms with Gasteiger partial charge in [0.1, 0.15) is 25.4 Å². The van der Waals surface area contributed by atoms with Crippen LogP contribution in [0.15, 0.2) is 0 Å². The van der Waals surface area contributed by atoms with Crippen molar-refractivity contribution in [2.75, 3.05) is 13.2 Å². The van der Waals surface area contributed by atoms with Crippen molar-refractivity contribution in [3.05, 3.63) is 0 Å². The second-order valence-electron chi connectivity index (χ2n) is 7.06. The number of epoxide rings is 3. The van der Waals surface area contributed by atoms with E-state index in [1.807, 2.05) is 13.8 Å². The topological polar surface area (TPSA) is 116 Å². The van der Waals surface area contributed by atoms with Crippen LogP contribution in [-0.2, 0) is 42.8 Å². The van der Waals surface area contributed by atoms with Gasteiger partial charge in [-0.25, -0.2) is 0 Å². The molecular formula is C18H26O9. The number of rotatable bonds is 11. The molecule has 3 aliphatic rings. The van der Waals surface area contributed by atoms with Crippen molar-refractivity contribution in [3.8, 4) is 0 Å². The van der Waals surface area contributed by atoms with Crippen molar-refractivity contribution in [2.45, 2.75) is 82.8 Å². The Kier molecular flexibility index (Phi) is 6.33. The van der Waals surface area contributed by atoms with Crippen molar-refractivity contribution in [3.63, 3.8) is 0 Å². The van der Waals surface area contributed by atoms with E-state index in [-0.39, 0.29) is 69.1 Å². The minimum Gasteiger partial charge on any atom is -0.462 e. The first-order chi connectivity index (χ1) is 12.9. The van der Waals surface area contributed by atoms with Crippen molar-refractivity contribution in [2.24, 2.45) is 0 Å². The van der Waals surface area contributed by atoms with E-state index in [0.29, 0.717) is 0 Å². The van der Waals surface area contributed by atoms with Crippen LogP contribution in [0, 0.1) is 0 Å². The molecule has 0 N–H and O–H groups in total. The van der Waals surface area contributed by atoms with Gasteiger partial charge >= 0.3 is 17.9 Å². The highest BCUT2D eigenvalue weighted by atomic mass is 16.7. The van der Waals surface area contributed by atoms with Crippen molar-refractivity contribution >= 4 is 17.9 Å². The average Bonchev–Trinajstić information content (AvgIpc) is 3.54. The monoisotopic (exact) mass is 386 g/mol. The first kappa shape index (κ1) is 20.0. The Morgan fingerprint density at radius 2 is 1.41 bits per heavy atom. The molecule has 0 saturated carbocycles. The Morgan fingerprint density at radius 1 is 0.815 bits per heavy atom. The van der Waals surface area contributed by atoms with Crippen molar-refractivity contribution in [1.82, 2.24) is 0 Å². The highest BCUT2D eigenvalue weighted by Crippen LogP contribution is 2.39. The van der Waals surface area contributed by atoms with Gasteiger partial charge in [-0.15, -0.1) is 0 Å². The molecule has 7 atom stereocenters. The first-order valence-corrected chi connectivity index (χ1v) is 9.34. The molecule has 3 heterocycles. The quantitative estimate of drug-likeness (QED) is 0.284. The normalized spacial score (nSPS) is 34.3. The molecule has 3 rings (SSSR count). The third-order valence-electron chi connectivity index (χ3n) is 4.72. The van der Waals surface area contributed by atoms with Crippen LogP contribution in [0.5, 0.6) is 0 Å². The molecule has 0 aromatic heterocycles. The van der Waals surface area contributed by atoms with E-state index < -0.39 is 24.0 Å². The predicted octanol–water partition coefficient (Wildman–Crippen LogP) is 0.517. The fraction of sp³-hybridized carbons (Fsp3) is 0.833. The van der Waals surface area contributed by atoms with Gasteiger partial charge in [-0.2, -0.15) is 0 Å². The van der Waals surface area contributed by atoms with Crippen molar-refractivity contribution < 1.29 is 42.8 Å². The number of ether oxygens (including phenoxy) is 6. The molecule has 0 bridgehead atoms. The molecule has 152 valence electrons. The highest BCUT2D eigenvalue weighted by molar-refractivity contribution is 5.72. The summed E-state index contributed by atoms with van der Waals surface area (Å²) in [6.45, 7) is 5.13. The van der Waals surface area contributed by atoms with Gasteiger partial charge in [0.05, 0.1) is 37.3 Å². The lowest BCUT2D eigenvalue weighted by atomic mass is 10.1. The van der Waals surface area contributed by atoms with Crippen molar-refractivity contribution in [1.29, 1.82) is 0 Å². The molecule has 0 amide bonds. The van der Waals surface area contributed by atoms with Gasteiger partial charge in [0.15, 0.2) is 6.10 Å². The lowest BCUT2D eigenvalue weighted by Gasteiger charge is -2.17. The SMILES string of the molecule is CCC(=O)OCC(COC(=O)CC1OC1C)OC(=O)CC1OC1C1OC1C. The van der Waals surface area contributed by atoms with E-state index in [1.54, 1.807) is 6.92 Å². The lowest BCUT2D eigenvalue weighted by molar-refractivity contribution is -0.167. The van der Waals surface area contributed by atoms with E-state index in [4.69, 9.17) is 28.4 Å². The van der Waals surface area contributed by atoms with Crippen LogP contribution < -0.4 is 0 Å². The summed E-state index contributed by atoms with van der Waals surface area (Å²) in [4.78, 5) is 35.3. The zero-order chi connectivity index (χ0) is 19.6. The van der Waals surface area contributed by atoms with Gasteiger partial charge < -0.3 is 28.4 Å². The zero-order valence-electron chi connectivity index (χ0n) is 15.8. The number of carbonyl (C=O) groups is 3. The summed E-state index contributed by atoms with van der Waals surface area (Å²) >= 11 is 0. The smallest absolute Gasteiger partial charge is 0.309 e. The molecule has 0 spiro atoms. The van der Waals surface area contributed by atoms with E-state index >= 15 is 0 Å². The minimum atomic E-state index is -0.859. The molecule has 0 aromatic carbocycles. The second-order valence-corrected chi connectivity index (χ2v) is 7.06. The van der Waals surface area contributed by atoms with E-state index in [1.165, 1.54) is 0 Å². The van der Waals surface area contributed by atoms with Gasteiger partial charge in [-0.1, -0.05) is 6.92 Å². The predicted molar refractivity (Wildman–Crippen MR) is 88.7 cm³/mol.